The molecular weight excluding hydrogens is 240 g/mol. The number of nitrogens with one attached hydrogen (secondary N) is 1. The highest BCUT2D eigenvalue weighted by atomic mass is 16.5. The van der Waals surface area contributed by atoms with Crippen molar-refractivity contribution in [2.45, 2.75) is 39.8 Å². The average molecular weight is 264 g/mol. The van der Waals surface area contributed by atoms with Crippen LogP contribution in [0.25, 0.3) is 0 Å². The van der Waals surface area contributed by atoms with Crippen molar-refractivity contribution in [3.8, 4) is 5.75 Å². The third kappa shape index (κ3) is 4.24. The lowest BCUT2D eigenvalue weighted by atomic mass is 9.86. The zero-order chi connectivity index (χ0) is 14.6. The minimum atomic E-state index is -0.527. The largest absolute Gasteiger partial charge is 0.497 e. The SMILES string of the molecule is COc1cccc(C(C)NC(=O)[C@@H](N)C(C)(C)C)c1. The van der Waals surface area contributed by atoms with E-state index in [0.29, 0.717) is 0 Å². The molecule has 0 saturated heterocycles. The number of carbonyl (C=O) groups is 1. The van der Waals surface area contributed by atoms with Crippen molar-refractivity contribution in [2.75, 3.05) is 7.11 Å². The first-order valence-corrected chi connectivity index (χ1v) is 6.45. The van der Waals surface area contributed by atoms with Crippen LogP contribution in [-0.4, -0.2) is 19.1 Å². The summed E-state index contributed by atoms with van der Waals surface area (Å²) in [6.07, 6.45) is 0. The number of benzene rings is 1. The molecule has 0 radical (unpaired) electrons. The van der Waals surface area contributed by atoms with Crippen LogP contribution in [0.5, 0.6) is 5.75 Å². The summed E-state index contributed by atoms with van der Waals surface area (Å²) in [6.45, 7) is 7.79. The summed E-state index contributed by atoms with van der Waals surface area (Å²) in [4.78, 5) is 12.1. The molecule has 0 aromatic heterocycles. The molecule has 1 rings (SSSR count). The predicted octanol–water partition coefficient (Wildman–Crippen LogP) is 2.25. The Kier molecular flexibility index (Phi) is 4.95. The summed E-state index contributed by atoms with van der Waals surface area (Å²) in [5.41, 5.74) is 6.68. The van der Waals surface area contributed by atoms with Crippen LogP contribution in [0, 0.1) is 5.41 Å². The van der Waals surface area contributed by atoms with E-state index in [0.717, 1.165) is 11.3 Å². The molecule has 0 bridgehead atoms. The average Bonchev–Trinajstić information content (AvgIpc) is 2.36. The molecule has 2 atom stereocenters. The summed E-state index contributed by atoms with van der Waals surface area (Å²) in [7, 11) is 1.62. The van der Waals surface area contributed by atoms with E-state index >= 15 is 0 Å². The van der Waals surface area contributed by atoms with Gasteiger partial charge in [0.05, 0.1) is 19.2 Å². The minimum Gasteiger partial charge on any atom is -0.497 e. The quantitative estimate of drug-likeness (QED) is 0.876. The second kappa shape index (κ2) is 6.06. The Hall–Kier alpha value is -1.55. The monoisotopic (exact) mass is 264 g/mol. The molecule has 0 spiro atoms. The molecule has 1 aromatic rings. The van der Waals surface area contributed by atoms with Crippen molar-refractivity contribution >= 4 is 5.91 Å². The molecular formula is C15H24N2O2. The number of hydrogen-bond donors (Lipinski definition) is 2. The second-order valence-electron chi connectivity index (χ2n) is 5.85. The van der Waals surface area contributed by atoms with Crippen LogP contribution in [-0.2, 0) is 4.79 Å². The van der Waals surface area contributed by atoms with E-state index in [9.17, 15) is 4.79 Å². The maximum Gasteiger partial charge on any atom is 0.237 e. The van der Waals surface area contributed by atoms with Crippen LogP contribution in [0.4, 0.5) is 0 Å². The van der Waals surface area contributed by atoms with Gasteiger partial charge in [0.2, 0.25) is 5.91 Å². The normalized spacial score (nSPS) is 14.6. The van der Waals surface area contributed by atoms with E-state index in [4.69, 9.17) is 10.5 Å². The van der Waals surface area contributed by atoms with Gasteiger partial charge in [-0.05, 0) is 30.0 Å². The van der Waals surface area contributed by atoms with Gasteiger partial charge in [-0.1, -0.05) is 32.9 Å². The van der Waals surface area contributed by atoms with Crippen LogP contribution in [0.3, 0.4) is 0 Å². The molecule has 0 aliphatic heterocycles. The van der Waals surface area contributed by atoms with Gasteiger partial charge in [0.1, 0.15) is 5.75 Å². The first-order valence-electron chi connectivity index (χ1n) is 6.45. The Morgan fingerprint density at radius 2 is 2.00 bits per heavy atom. The maximum absolute atomic E-state index is 12.1. The molecule has 0 saturated carbocycles. The van der Waals surface area contributed by atoms with Crippen molar-refractivity contribution in [2.24, 2.45) is 11.1 Å². The van der Waals surface area contributed by atoms with Crippen molar-refractivity contribution in [3.63, 3.8) is 0 Å². The number of hydrogen-bond acceptors (Lipinski definition) is 3. The van der Waals surface area contributed by atoms with Crippen LogP contribution in [0.1, 0.15) is 39.3 Å². The first kappa shape index (κ1) is 15.5. The van der Waals surface area contributed by atoms with Gasteiger partial charge in [-0.15, -0.1) is 0 Å². The van der Waals surface area contributed by atoms with Gasteiger partial charge in [-0.3, -0.25) is 4.79 Å². The fourth-order valence-electron chi connectivity index (χ4n) is 1.69. The lowest BCUT2D eigenvalue weighted by molar-refractivity contribution is -0.125. The molecule has 106 valence electrons. The predicted molar refractivity (Wildman–Crippen MR) is 77.0 cm³/mol. The molecule has 0 aliphatic carbocycles. The Bertz CT molecular complexity index is 438. The number of methoxy groups -OCH3 is 1. The third-order valence-corrected chi connectivity index (χ3v) is 3.17. The van der Waals surface area contributed by atoms with Gasteiger partial charge in [-0.25, -0.2) is 0 Å². The Morgan fingerprint density at radius 1 is 1.37 bits per heavy atom. The maximum atomic E-state index is 12.1. The van der Waals surface area contributed by atoms with Gasteiger partial charge in [0, 0.05) is 0 Å². The third-order valence-electron chi connectivity index (χ3n) is 3.17. The highest BCUT2D eigenvalue weighted by Crippen LogP contribution is 2.21. The van der Waals surface area contributed by atoms with E-state index in [1.165, 1.54) is 0 Å². The van der Waals surface area contributed by atoms with E-state index in [1.54, 1.807) is 7.11 Å². The minimum absolute atomic E-state index is 0.101. The first-order chi connectivity index (χ1) is 8.75. The van der Waals surface area contributed by atoms with Crippen LogP contribution in [0.15, 0.2) is 24.3 Å². The molecule has 4 nitrogen and oxygen atoms in total. The lowest BCUT2D eigenvalue weighted by Crippen LogP contribution is -2.49. The smallest absolute Gasteiger partial charge is 0.237 e. The number of rotatable bonds is 4. The Morgan fingerprint density at radius 3 is 2.53 bits per heavy atom. The van der Waals surface area contributed by atoms with E-state index in [2.05, 4.69) is 5.32 Å². The van der Waals surface area contributed by atoms with E-state index in [1.807, 2.05) is 52.0 Å². The molecule has 19 heavy (non-hydrogen) atoms. The standard InChI is InChI=1S/C15H24N2O2/c1-10(11-7-6-8-12(9-11)19-5)17-14(18)13(16)15(2,3)4/h6-10,13H,16H2,1-5H3,(H,17,18)/t10?,13-/m1/s1. The molecule has 3 N–H and O–H groups in total. The fourth-order valence-corrected chi connectivity index (χ4v) is 1.69. The highest BCUT2D eigenvalue weighted by molar-refractivity contribution is 5.82. The topological polar surface area (TPSA) is 64.3 Å². The van der Waals surface area contributed by atoms with Gasteiger partial charge < -0.3 is 15.8 Å². The summed E-state index contributed by atoms with van der Waals surface area (Å²) in [6, 6.07) is 7.01. The molecule has 1 amide bonds. The summed E-state index contributed by atoms with van der Waals surface area (Å²) >= 11 is 0. The summed E-state index contributed by atoms with van der Waals surface area (Å²) in [5, 5.41) is 2.93. The van der Waals surface area contributed by atoms with Crippen molar-refractivity contribution < 1.29 is 9.53 Å². The van der Waals surface area contributed by atoms with E-state index in [-0.39, 0.29) is 17.4 Å². The molecule has 0 aliphatic rings. The van der Waals surface area contributed by atoms with Gasteiger partial charge in [0.25, 0.3) is 0 Å². The summed E-state index contributed by atoms with van der Waals surface area (Å²) < 4.78 is 5.17. The van der Waals surface area contributed by atoms with Crippen molar-refractivity contribution in [1.82, 2.24) is 5.32 Å². The summed E-state index contributed by atoms with van der Waals surface area (Å²) in [5.74, 6) is 0.640. The van der Waals surface area contributed by atoms with Crippen LogP contribution in [0.2, 0.25) is 0 Å². The van der Waals surface area contributed by atoms with Crippen LogP contribution >= 0.6 is 0 Å². The molecule has 4 heteroatoms. The van der Waals surface area contributed by atoms with Crippen molar-refractivity contribution in [1.29, 1.82) is 0 Å². The molecule has 0 heterocycles. The zero-order valence-corrected chi connectivity index (χ0v) is 12.4. The number of ether oxygens (including phenoxy) is 1. The number of carbonyl (C=O) groups excluding carboxylic acids is 1. The Labute approximate surface area is 115 Å². The molecule has 1 aromatic carbocycles. The zero-order valence-electron chi connectivity index (χ0n) is 12.4. The highest BCUT2D eigenvalue weighted by Gasteiger charge is 2.28. The van der Waals surface area contributed by atoms with Crippen LogP contribution < -0.4 is 15.8 Å². The second-order valence-corrected chi connectivity index (χ2v) is 5.85. The molecule has 0 fully saturated rings. The Balaban J connectivity index is 2.74. The lowest BCUT2D eigenvalue weighted by Gasteiger charge is -2.27. The van der Waals surface area contributed by atoms with E-state index < -0.39 is 6.04 Å². The molecule has 1 unspecified atom stereocenters. The fraction of sp³-hybridized carbons (Fsp3) is 0.533. The van der Waals surface area contributed by atoms with Gasteiger partial charge >= 0.3 is 0 Å². The van der Waals surface area contributed by atoms with Crippen molar-refractivity contribution in [3.05, 3.63) is 29.8 Å². The number of amides is 1. The number of nitrogens with two attached hydrogens (primary N) is 1. The van der Waals surface area contributed by atoms with Gasteiger partial charge in [-0.2, -0.15) is 0 Å². The van der Waals surface area contributed by atoms with Gasteiger partial charge in [0.15, 0.2) is 0 Å².